The van der Waals surface area contributed by atoms with Gasteiger partial charge in [-0.2, -0.15) is 5.10 Å². The Balaban J connectivity index is 1.68. The Bertz CT molecular complexity index is 879. The zero-order valence-electron chi connectivity index (χ0n) is 14.4. The molecule has 1 aromatic heterocycles. The van der Waals surface area contributed by atoms with Gasteiger partial charge in [0.05, 0.1) is 24.0 Å². The van der Waals surface area contributed by atoms with Gasteiger partial charge in [-0.3, -0.25) is 5.41 Å². The highest BCUT2D eigenvalue weighted by Crippen LogP contribution is 2.33. The number of fused-ring (bicyclic) bond motifs is 1. The van der Waals surface area contributed by atoms with Crippen LogP contribution in [0, 0.1) is 5.41 Å². The number of rotatable bonds is 2. The summed E-state index contributed by atoms with van der Waals surface area (Å²) in [5.74, 6) is 0.413. The van der Waals surface area contributed by atoms with Gasteiger partial charge in [0.25, 0.3) is 6.02 Å². The number of aromatic nitrogens is 2. The van der Waals surface area contributed by atoms with E-state index in [1.165, 1.54) is 11.1 Å². The fraction of sp³-hybridized carbons (Fsp3) is 0.300. The van der Waals surface area contributed by atoms with Crippen LogP contribution in [0.25, 0.3) is 16.6 Å². The summed E-state index contributed by atoms with van der Waals surface area (Å²) in [6.07, 6.45) is 1.98. The third-order valence-corrected chi connectivity index (χ3v) is 4.98. The number of amidine groups is 1. The molecule has 1 N–H and O–H groups in total. The Kier molecular flexibility index (Phi) is 4.14. The molecule has 0 aliphatic carbocycles. The zero-order valence-corrected chi connectivity index (χ0v) is 14.4. The molecule has 0 atom stereocenters. The van der Waals surface area contributed by atoms with Crippen molar-refractivity contribution in [3.05, 3.63) is 60.3 Å². The van der Waals surface area contributed by atoms with Gasteiger partial charge in [0, 0.05) is 24.4 Å². The average Bonchev–Trinajstić information content (AvgIpc) is 3.08. The van der Waals surface area contributed by atoms with Crippen LogP contribution in [0.4, 0.5) is 0 Å². The Morgan fingerprint density at radius 1 is 1.04 bits per heavy atom. The van der Waals surface area contributed by atoms with Crippen molar-refractivity contribution in [1.82, 2.24) is 14.7 Å². The second kappa shape index (κ2) is 6.59. The lowest BCUT2D eigenvalue weighted by molar-refractivity contribution is 0.235. The molecule has 1 saturated heterocycles. The molecule has 5 nitrogen and oxygen atoms in total. The van der Waals surface area contributed by atoms with Crippen LogP contribution in [0.2, 0.25) is 0 Å². The molecule has 3 aromatic rings. The maximum Gasteiger partial charge on any atom is 0.284 e. The maximum atomic E-state index is 7.83. The predicted molar refractivity (Wildman–Crippen MR) is 99.4 cm³/mol. The van der Waals surface area contributed by atoms with Crippen molar-refractivity contribution in [2.45, 2.75) is 18.8 Å². The van der Waals surface area contributed by atoms with Crippen molar-refractivity contribution in [3.63, 3.8) is 0 Å². The van der Waals surface area contributed by atoms with Crippen LogP contribution in [0.3, 0.4) is 0 Å². The van der Waals surface area contributed by atoms with E-state index in [-0.39, 0.29) is 6.02 Å². The molecule has 0 amide bonds. The van der Waals surface area contributed by atoms with Crippen LogP contribution in [0.15, 0.2) is 54.6 Å². The molecule has 25 heavy (non-hydrogen) atoms. The van der Waals surface area contributed by atoms with Gasteiger partial charge in [-0.15, -0.1) is 0 Å². The molecule has 2 aromatic carbocycles. The number of hydrogen-bond donors (Lipinski definition) is 1. The second-order valence-corrected chi connectivity index (χ2v) is 6.42. The Morgan fingerprint density at radius 3 is 2.44 bits per heavy atom. The van der Waals surface area contributed by atoms with E-state index in [1.54, 1.807) is 7.11 Å². The van der Waals surface area contributed by atoms with Gasteiger partial charge in [-0.25, -0.2) is 4.68 Å². The molecule has 0 spiro atoms. The van der Waals surface area contributed by atoms with E-state index < -0.39 is 0 Å². The summed E-state index contributed by atoms with van der Waals surface area (Å²) in [6.45, 7) is 1.67. The van der Waals surface area contributed by atoms with Crippen molar-refractivity contribution < 1.29 is 4.74 Å². The van der Waals surface area contributed by atoms with E-state index in [9.17, 15) is 0 Å². The lowest BCUT2D eigenvalue weighted by Gasteiger charge is -2.31. The number of piperidine rings is 1. The van der Waals surface area contributed by atoms with Crippen LogP contribution in [0.1, 0.15) is 24.5 Å². The predicted octanol–water partition coefficient (Wildman–Crippen LogP) is 3.79. The number of nitrogens with zero attached hydrogens (tertiary/aromatic N) is 3. The Morgan fingerprint density at radius 2 is 1.72 bits per heavy atom. The molecule has 0 saturated carbocycles. The van der Waals surface area contributed by atoms with Crippen LogP contribution >= 0.6 is 0 Å². The molecule has 0 bridgehead atoms. The van der Waals surface area contributed by atoms with E-state index in [1.807, 2.05) is 27.8 Å². The van der Waals surface area contributed by atoms with Crippen molar-refractivity contribution in [2.75, 3.05) is 20.2 Å². The van der Waals surface area contributed by atoms with Gasteiger partial charge in [0.15, 0.2) is 0 Å². The fourth-order valence-electron chi connectivity index (χ4n) is 3.64. The summed E-state index contributed by atoms with van der Waals surface area (Å²) in [4.78, 5) is 1.99. The molecule has 0 unspecified atom stereocenters. The monoisotopic (exact) mass is 334 g/mol. The highest BCUT2D eigenvalue weighted by molar-refractivity contribution is 5.84. The Hall–Kier alpha value is -2.82. The normalized spacial score (nSPS) is 15.5. The minimum absolute atomic E-state index is 0.262. The van der Waals surface area contributed by atoms with Crippen molar-refractivity contribution >= 4 is 16.9 Å². The minimum atomic E-state index is 0.262. The molecule has 2 heterocycles. The van der Waals surface area contributed by atoms with Crippen molar-refractivity contribution in [2.24, 2.45) is 0 Å². The smallest absolute Gasteiger partial charge is 0.284 e. The van der Waals surface area contributed by atoms with Gasteiger partial charge in [0.1, 0.15) is 0 Å². The van der Waals surface area contributed by atoms with Gasteiger partial charge >= 0.3 is 0 Å². The second-order valence-electron chi connectivity index (χ2n) is 6.42. The maximum absolute atomic E-state index is 7.83. The molecular weight excluding hydrogens is 312 g/mol. The number of methoxy groups -OCH3 is 1. The number of ether oxygens (including phenoxy) is 1. The van der Waals surface area contributed by atoms with Crippen LogP contribution in [0.5, 0.6) is 0 Å². The van der Waals surface area contributed by atoms with Crippen LogP contribution in [-0.2, 0) is 4.74 Å². The first kappa shape index (κ1) is 15.7. The summed E-state index contributed by atoms with van der Waals surface area (Å²) in [7, 11) is 1.56. The lowest BCUT2D eigenvalue weighted by Crippen LogP contribution is -2.38. The first-order valence-corrected chi connectivity index (χ1v) is 8.68. The van der Waals surface area contributed by atoms with Crippen molar-refractivity contribution in [3.8, 4) is 5.69 Å². The fourth-order valence-corrected chi connectivity index (χ4v) is 3.64. The third kappa shape index (κ3) is 2.86. The molecule has 1 aliphatic rings. The third-order valence-electron chi connectivity index (χ3n) is 4.98. The largest absolute Gasteiger partial charge is 0.469 e. The molecule has 0 radical (unpaired) electrons. The van der Waals surface area contributed by atoms with Gasteiger partial charge in [-0.05, 0) is 31.0 Å². The highest BCUT2D eigenvalue weighted by atomic mass is 16.5. The number of nitrogens with one attached hydrogen (secondary N) is 1. The number of para-hydroxylation sites is 2. The van der Waals surface area contributed by atoms with Gasteiger partial charge < -0.3 is 9.64 Å². The minimum Gasteiger partial charge on any atom is -0.469 e. The molecule has 1 fully saturated rings. The zero-order chi connectivity index (χ0) is 17.2. The van der Waals surface area contributed by atoms with E-state index in [0.29, 0.717) is 5.92 Å². The van der Waals surface area contributed by atoms with E-state index in [0.717, 1.165) is 37.1 Å². The standard InChI is InChI=1S/C20H22N4O/c1-25-20(21)23-13-11-15(12-14-23)19-17-9-5-6-10-18(17)24(22-19)16-7-3-2-4-8-16/h2-10,15,21H,11-14H2,1H3. The molecular formula is C20H22N4O. The average molecular weight is 334 g/mol. The summed E-state index contributed by atoms with van der Waals surface area (Å²) in [6, 6.07) is 19.0. The summed E-state index contributed by atoms with van der Waals surface area (Å²) < 4.78 is 7.10. The Labute approximate surface area is 147 Å². The lowest BCUT2D eigenvalue weighted by atomic mass is 9.92. The number of likely N-dealkylation sites (tertiary alicyclic amines) is 1. The highest BCUT2D eigenvalue weighted by Gasteiger charge is 2.26. The molecule has 128 valence electrons. The number of hydrogen-bond acceptors (Lipinski definition) is 3. The molecule has 4 rings (SSSR count). The first-order valence-electron chi connectivity index (χ1n) is 8.68. The van der Waals surface area contributed by atoms with Crippen LogP contribution in [-0.4, -0.2) is 40.9 Å². The quantitative estimate of drug-likeness (QED) is 0.573. The summed E-state index contributed by atoms with van der Waals surface area (Å²) in [5, 5.41) is 14.0. The van der Waals surface area contributed by atoms with Crippen LogP contribution < -0.4 is 0 Å². The molecule has 5 heteroatoms. The summed E-state index contributed by atoms with van der Waals surface area (Å²) >= 11 is 0. The van der Waals surface area contributed by atoms with E-state index >= 15 is 0 Å². The van der Waals surface area contributed by atoms with E-state index in [4.69, 9.17) is 15.2 Å². The van der Waals surface area contributed by atoms with Crippen molar-refractivity contribution in [1.29, 1.82) is 5.41 Å². The molecule has 1 aliphatic heterocycles. The first-order chi connectivity index (χ1) is 12.3. The van der Waals surface area contributed by atoms with Gasteiger partial charge in [0.2, 0.25) is 0 Å². The topological polar surface area (TPSA) is 54.1 Å². The van der Waals surface area contributed by atoms with Gasteiger partial charge in [-0.1, -0.05) is 36.4 Å². The number of benzene rings is 2. The summed E-state index contributed by atoms with van der Waals surface area (Å²) in [5.41, 5.74) is 3.40. The van der Waals surface area contributed by atoms with E-state index in [2.05, 4.69) is 36.4 Å². The SMILES string of the molecule is COC(=N)N1CCC(c2nn(-c3ccccc3)c3ccccc23)CC1.